The first-order valence-electron chi connectivity index (χ1n) is 10.5. The van der Waals surface area contributed by atoms with Crippen LogP contribution in [0.2, 0.25) is 0 Å². The lowest BCUT2D eigenvalue weighted by molar-refractivity contribution is -0.118. The molecule has 0 aromatic rings. The molecular weight excluding hydrogens is 430 g/mol. The lowest BCUT2D eigenvalue weighted by Gasteiger charge is -2.17. The van der Waals surface area contributed by atoms with Crippen molar-refractivity contribution in [3.8, 4) is 0 Å². The van der Waals surface area contributed by atoms with E-state index in [1.54, 1.807) is 23.5 Å². The quantitative estimate of drug-likeness (QED) is 0.290. The fraction of sp³-hybridized carbons (Fsp3) is 0.950. The van der Waals surface area contributed by atoms with Crippen molar-refractivity contribution in [3.05, 3.63) is 0 Å². The highest BCUT2D eigenvalue weighted by Gasteiger charge is 2.11. The predicted octanol–water partition coefficient (Wildman–Crippen LogP) is 3.25. The Morgan fingerprint density at radius 3 is 2.07 bits per heavy atom. The van der Waals surface area contributed by atoms with E-state index in [4.69, 9.17) is 9.47 Å². The van der Waals surface area contributed by atoms with Crippen molar-refractivity contribution in [2.75, 3.05) is 54.3 Å². The zero-order valence-electron chi connectivity index (χ0n) is 18.8. The predicted molar refractivity (Wildman–Crippen MR) is 127 cm³/mol. The summed E-state index contributed by atoms with van der Waals surface area (Å²) in [5.74, 6) is 3.78. The minimum atomic E-state index is -3.00. The first-order valence-corrected chi connectivity index (χ1v) is 14.6. The average molecular weight is 472 g/mol. The molecule has 29 heavy (non-hydrogen) atoms. The van der Waals surface area contributed by atoms with E-state index < -0.39 is 9.84 Å². The van der Waals surface area contributed by atoms with Gasteiger partial charge in [0.15, 0.2) is 9.84 Å². The van der Waals surface area contributed by atoms with Gasteiger partial charge in [0, 0.05) is 43.9 Å². The zero-order valence-corrected chi connectivity index (χ0v) is 21.2. The summed E-state index contributed by atoms with van der Waals surface area (Å²) in [6.07, 6.45) is 2.21. The first-order chi connectivity index (χ1) is 13.6. The molecule has 0 aliphatic carbocycles. The molecule has 0 spiro atoms. The summed E-state index contributed by atoms with van der Waals surface area (Å²) < 4.78 is 35.6. The van der Waals surface area contributed by atoms with Crippen LogP contribution in [0.15, 0.2) is 0 Å². The number of sulfone groups is 1. The molecule has 1 amide bonds. The molecule has 0 heterocycles. The Labute approximate surface area is 186 Å². The second kappa shape index (κ2) is 17.7. The van der Waals surface area contributed by atoms with Crippen molar-refractivity contribution in [2.24, 2.45) is 5.92 Å². The Kier molecular flexibility index (Phi) is 17.7. The third-order valence-corrected chi connectivity index (χ3v) is 8.18. The van der Waals surface area contributed by atoms with Gasteiger partial charge in [0.25, 0.3) is 0 Å². The standard InChI is InChI=1S/C20H41NO5S3/c1-17(2)16-26-18(3)6-9-25-19(4)7-10-27-12-14-29(23,24)15-13-28-11-8-21-20(5)22/h17-19H,6-16H2,1-5H3,(H,21,22). The molecule has 2 unspecified atom stereocenters. The van der Waals surface area contributed by atoms with Crippen LogP contribution in [-0.2, 0) is 24.1 Å². The Bertz CT molecular complexity index is 514. The van der Waals surface area contributed by atoms with E-state index >= 15 is 0 Å². The monoisotopic (exact) mass is 471 g/mol. The van der Waals surface area contributed by atoms with Crippen molar-refractivity contribution < 1.29 is 22.7 Å². The Hall–Kier alpha value is 0.0400. The van der Waals surface area contributed by atoms with E-state index in [9.17, 15) is 13.2 Å². The number of carbonyl (C=O) groups excluding carboxylic acids is 1. The fourth-order valence-electron chi connectivity index (χ4n) is 2.19. The van der Waals surface area contributed by atoms with Gasteiger partial charge in [0.2, 0.25) is 5.91 Å². The number of thioether (sulfide) groups is 2. The van der Waals surface area contributed by atoms with Gasteiger partial charge in [-0.1, -0.05) is 13.8 Å². The maximum absolute atomic E-state index is 12.0. The third kappa shape index (κ3) is 21.1. The van der Waals surface area contributed by atoms with Crippen LogP contribution in [0.25, 0.3) is 0 Å². The van der Waals surface area contributed by atoms with Gasteiger partial charge in [0.1, 0.15) is 0 Å². The van der Waals surface area contributed by atoms with Crippen LogP contribution < -0.4 is 5.32 Å². The van der Waals surface area contributed by atoms with Gasteiger partial charge in [-0.25, -0.2) is 8.42 Å². The first kappa shape index (κ1) is 29.0. The minimum absolute atomic E-state index is 0.0554. The molecule has 0 radical (unpaired) electrons. The smallest absolute Gasteiger partial charge is 0.216 e. The highest BCUT2D eigenvalue weighted by Crippen LogP contribution is 2.10. The molecule has 174 valence electrons. The van der Waals surface area contributed by atoms with Crippen LogP contribution in [-0.4, -0.2) is 80.8 Å². The number of hydrogen-bond acceptors (Lipinski definition) is 7. The Morgan fingerprint density at radius 1 is 0.897 bits per heavy atom. The average Bonchev–Trinajstić information content (AvgIpc) is 2.62. The fourth-order valence-corrected chi connectivity index (χ4v) is 6.52. The second-order valence-corrected chi connectivity index (χ2v) is 12.4. The molecule has 0 aromatic carbocycles. The van der Waals surface area contributed by atoms with Crippen molar-refractivity contribution in [3.63, 3.8) is 0 Å². The molecule has 2 atom stereocenters. The van der Waals surface area contributed by atoms with E-state index in [1.807, 2.05) is 0 Å². The Morgan fingerprint density at radius 2 is 1.48 bits per heavy atom. The molecule has 0 saturated heterocycles. The van der Waals surface area contributed by atoms with E-state index in [-0.39, 0.29) is 29.6 Å². The summed E-state index contributed by atoms with van der Waals surface area (Å²) in [6, 6.07) is 0. The van der Waals surface area contributed by atoms with Crippen LogP contribution in [0, 0.1) is 5.92 Å². The van der Waals surface area contributed by atoms with E-state index in [0.29, 0.717) is 30.6 Å². The molecular formula is C20H41NO5S3. The molecule has 6 nitrogen and oxygen atoms in total. The van der Waals surface area contributed by atoms with Crippen molar-refractivity contribution in [1.82, 2.24) is 5.32 Å². The molecule has 9 heteroatoms. The Balaban J connectivity index is 3.62. The third-order valence-electron chi connectivity index (χ3n) is 4.01. The van der Waals surface area contributed by atoms with Gasteiger partial charge in [-0.3, -0.25) is 4.79 Å². The molecule has 1 N–H and O–H groups in total. The van der Waals surface area contributed by atoms with E-state index in [2.05, 4.69) is 33.0 Å². The van der Waals surface area contributed by atoms with Crippen molar-refractivity contribution in [2.45, 2.75) is 59.7 Å². The maximum atomic E-state index is 12.0. The lowest BCUT2D eigenvalue weighted by atomic mass is 10.2. The van der Waals surface area contributed by atoms with Gasteiger partial charge in [0.05, 0.1) is 23.7 Å². The van der Waals surface area contributed by atoms with Crippen LogP contribution in [0.5, 0.6) is 0 Å². The van der Waals surface area contributed by atoms with E-state index in [0.717, 1.165) is 31.0 Å². The highest BCUT2D eigenvalue weighted by molar-refractivity contribution is 8.02. The number of nitrogens with one attached hydrogen (secondary N) is 1. The van der Waals surface area contributed by atoms with Gasteiger partial charge in [-0.05, 0) is 38.4 Å². The van der Waals surface area contributed by atoms with Crippen LogP contribution >= 0.6 is 23.5 Å². The summed E-state index contributed by atoms with van der Waals surface area (Å²) in [6.45, 7) is 12.0. The van der Waals surface area contributed by atoms with Gasteiger partial charge in [-0.2, -0.15) is 23.5 Å². The summed E-state index contributed by atoms with van der Waals surface area (Å²) >= 11 is 3.23. The number of rotatable bonds is 19. The summed E-state index contributed by atoms with van der Waals surface area (Å²) in [7, 11) is -3.00. The maximum Gasteiger partial charge on any atom is 0.216 e. The molecule has 0 aromatic heterocycles. The molecule has 0 saturated carbocycles. The number of amides is 1. The number of hydrogen-bond donors (Lipinski definition) is 1. The molecule has 0 bridgehead atoms. The number of carbonyl (C=O) groups is 1. The zero-order chi connectivity index (χ0) is 22.1. The van der Waals surface area contributed by atoms with Gasteiger partial charge < -0.3 is 14.8 Å². The summed E-state index contributed by atoms with van der Waals surface area (Å²) in [5.41, 5.74) is 0. The lowest BCUT2D eigenvalue weighted by Crippen LogP contribution is -2.23. The minimum Gasteiger partial charge on any atom is -0.378 e. The van der Waals surface area contributed by atoms with E-state index in [1.165, 1.54) is 6.92 Å². The normalized spacial score (nSPS) is 14.1. The van der Waals surface area contributed by atoms with Crippen molar-refractivity contribution >= 4 is 39.3 Å². The van der Waals surface area contributed by atoms with Crippen LogP contribution in [0.4, 0.5) is 0 Å². The topological polar surface area (TPSA) is 81.7 Å². The highest BCUT2D eigenvalue weighted by atomic mass is 32.2. The molecule has 0 fully saturated rings. The SMILES string of the molecule is CC(=O)NCCSCCS(=O)(=O)CCSCCC(C)OCCC(C)OCC(C)C. The molecule has 0 aliphatic rings. The molecule has 0 rings (SSSR count). The largest absolute Gasteiger partial charge is 0.378 e. The van der Waals surface area contributed by atoms with Crippen LogP contribution in [0.3, 0.4) is 0 Å². The molecule has 0 aliphatic heterocycles. The number of ether oxygens (including phenoxy) is 2. The van der Waals surface area contributed by atoms with Crippen LogP contribution in [0.1, 0.15) is 47.5 Å². The van der Waals surface area contributed by atoms with Gasteiger partial charge in [-0.15, -0.1) is 0 Å². The summed E-state index contributed by atoms with van der Waals surface area (Å²) in [4.78, 5) is 10.7. The van der Waals surface area contributed by atoms with Gasteiger partial charge >= 0.3 is 0 Å². The second-order valence-electron chi connectivity index (χ2n) is 7.66. The van der Waals surface area contributed by atoms with Crippen molar-refractivity contribution in [1.29, 1.82) is 0 Å². The summed E-state index contributed by atoms with van der Waals surface area (Å²) in [5, 5.41) is 2.70.